The van der Waals surface area contributed by atoms with Gasteiger partial charge in [0.05, 0.1) is 17.6 Å². The minimum atomic E-state index is -0.410. The van der Waals surface area contributed by atoms with Crippen LogP contribution in [-0.4, -0.2) is 23.4 Å². The summed E-state index contributed by atoms with van der Waals surface area (Å²) in [5.74, 6) is -0.828. The van der Waals surface area contributed by atoms with Crippen LogP contribution < -0.4 is 5.73 Å². The van der Waals surface area contributed by atoms with E-state index in [1.165, 1.54) is 12.1 Å². The van der Waals surface area contributed by atoms with Crippen molar-refractivity contribution in [3.05, 3.63) is 35.1 Å². The second-order valence-corrected chi connectivity index (χ2v) is 5.37. The molecule has 1 amide bonds. The van der Waals surface area contributed by atoms with Gasteiger partial charge in [0.15, 0.2) is 0 Å². The first-order valence-electron chi connectivity index (χ1n) is 6.73. The SMILES string of the molecule is C[C@H]1CC[C@H](C(N)=O)CN1Cc1ccc(F)cc1C#N. The molecular formula is C15H18FN3O. The van der Waals surface area contributed by atoms with E-state index in [0.29, 0.717) is 24.7 Å². The van der Waals surface area contributed by atoms with Gasteiger partial charge in [-0.3, -0.25) is 9.69 Å². The molecule has 106 valence electrons. The standard InChI is InChI=1S/C15H18FN3O/c1-10-2-3-12(15(18)20)9-19(10)8-11-4-5-14(16)6-13(11)7-17/h4-6,10,12H,2-3,8-9H2,1H3,(H2,18,20)/t10-,12-/m0/s1. The predicted octanol–water partition coefficient (Wildman–Crippen LogP) is 1.78. The minimum Gasteiger partial charge on any atom is -0.369 e. The topological polar surface area (TPSA) is 70.1 Å². The van der Waals surface area contributed by atoms with Crippen LogP contribution in [0.3, 0.4) is 0 Å². The second-order valence-electron chi connectivity index (χ2n) is 5.37. The molecule has 2 atom stereocenters. The van der Waals surface area contributed by atoms with Crippen LogP contribution >= 0.6 is 0 Å². The minimum absolute atomic E-state index is 0.141. The number of likely N-dealkylation sites (tertiary alicyclic amines) is 1. The summed E-state index contributed by atoms with van der Waals surface area (Å²) in [7, 11) is 0. The Morgan fingerprint density at radius 2 is 2.30 bits per heavy atom. The summed E-state index contributed by atoms with van der Waals surface area (Å²) in [6.45, 7) is 3.22. The summed E-state index contributed by atoms with van der Waals surface area (Å²) in [5, 5.41) is 9.07. The van der Waals surface area contributed by atoms with Gasteiger partial charge in [0.2, 0.25) is 5.91 Å². The molecule has 1 saturated heterocycles. The molecule has 0 aliphatic carbocycles. The molecule has 2 N–H and O–H groups in total. The van der Waals surface area contributed by atoms with Crippen molar-refractivity contribution in [2.24, 2.45) is 11.7 Å². The van der Waals surface area contributed by atoms with Crippen molar-refractivity contribution in [1.29, 1.82) is 5.26 Å². The Bertz CT molecular complexity index is 553. The monoisotopic (exact) mass is 275 g/mol. The van der Waals surface area contributed by atoms with Crippen LogP contribution in [0, 0.1) is 23.1 Å². The maximum absolute atomic E-state index is 13.1. The van der Waals surface area contributed by atoms with Gasteiger partial charge in [-0.2, -0.15) is 5.26 Å². The highest BCUT2D eigenvalue weighted by molar-refractivity contribution is 5.77. The number of rotatable bonds is 3. The third-order valence-electron chi connectivity index (χ3n) is 3.98. The van der Waals surface area contributed by atoms with Gasteiger partial charge in [0, 0.05) is 19.1 Å². The Kier molecular flexibility index (Phi) is 4.35. The van der Waals surface area contributed by atoms with Gasteiger partial charge in [-0.25, -0.2) is 4.39 Å². The molecule has 1 aromatic rings. The van der Waals surface area contributed by atoms with E-state index >= 15 is 0 Å². The van der Waals surface area contributed by atoms with Crippen molar-refractivity contribution in [2.75, 3.05) is 6.54 Å². The van der Waals surface area contributed by atoms with E-state index in [1.807, 2.05) is 6.07 Å². The van der Waals surface area contributed by atoms with Gasteiger partial charge < -0.3 is 5.73 Å². The lowest BCUT2D eigenvalue weighted by Crippen LogP contribution is -2.45. The molecule has 20 heavy (non-hydrogen) atoms. The van der Waals surface area contributed by atoms with Gasteiger partial charge in [0.25, 0.3) is 0 Å². The second kappa shape index (κ2) is 6.02. The van der Waals surface area contributed by atoms with Crippen molar-refractivity contribution in [3.8, 4) is 6.07 Å². The van der Waals surface area contributed by atoms with Crippen molar-refractivity contribution in [1.82, 2.24) is 4.90 Å². The van der Waals surface area contributed by atoms with Crippen molar-refractivity contribution >= 4 is 5.91 Å². The molecule has 1 aliphatic heterocycles. The van der Waals surface area contributed by atoms with Gasteiger partial charge in [-0.05, 0) is 37.5 Å². The zero-order chi connectivity index (χ0) is 14.7. The summed E-state index contributed by atoms with van der Waals surface area (Å²) in [6.07, 6.45) is 1.71. The van der Waals surface area contributed by atoms with E-state index < -0.39 is 5.82 Å². The largest absolute Gasteiger partial charge is 0.369 e. The number of piperidine rings is 1. The Hall–Kier alpha value is -1.93. The first kappa shape index (κ1) is 14.5. The number of halogens is 1. The lowest BCUT2D eigenvalue weighted by molar-refractivity contribution is -0.124. The quantitative estimate of drug-likeness (QED) is 0.914. The first-order chi connectivity index (χ1) is 9.51. The highest BCUT2D eigenvalue weighted by atomic mass is 19.1. The first-order valence-corrected chi connectivity index (χ1v) is 6.73. The normalized spacial score (nSPS) is 23.2. The summed E-state index contributed by atoms with van der Waals surface area (Å²) >= 11 is 0. The van der Waals surface area contributed by atoms with Crippen LogP contribution in [0.4, 0.5) is 4.39 Å². The number of nitrogens with zero attached hydrogens (tertiary/aromatic N) is 2. The third kappa shape index (κ3) is 3.14. The number of benzene rings is 1. The van der Waals surface area contributed by atoms with Crippen LogP contribution in [0.1, 0.15) is 30.9 Å². The average molecular weight is 275 g/mol. The third-order valence-corrected chi connectivity index (χ3v) is 3.98. The lowest BCUT2D eigenvalue weighted by atomic mass is 9.92. The van der Waals surface area contributed by atoms with E-state index in [0.717, 1.165) is 18.4 Å². The van der Waals surface area contributed by atoms with Crippen LogP contribution in [-0.2, 0) is 11.3 Å². The molecule has 0 unspecified atom stereocenters. The number of carbonyl (C=O) groups excluding carboxylic acids is 1. The maximum Gasteiger partial charge on any atom is 0.221 e. The number of hydrogen-bond donors (Lipinski definition) is 1. The lowest BCUT2D eigenvalue weighted by Gasteiger charge is -2.37. The summed E-state index contributed by atoms with van der Waals surface area (Å²) in [6, 6.07) is 6.57. The molecule has 1 fully saturated rings. The van der Waals surface area contributed by atoms with Gasteiger partial charge in [0.1, 0.15) is 5.82 Å². The smallest absolute Gasteiger partial charge is 0.221 e. The van der Waals surface area contributed by atoms with Crippen molar-refractivity contribution in [2.45, 2.75) is 32.4 Å². The number of nitrogens with two attached hydrogens (primary N) is 1. The van der Waals surface area contributed by atoms with Crippen LogP contribution in [0.2, 0.25) is 0 Å². The van der Waals surface area contributed by atoms with Gasteiger partial charge in [-0.15, -0.1) is 0 Å². The molecule has 1 aromatic carbocycles. The van der Waals surface area contributed by atoms with E-state index in [9.17, 15) is 9.18 Å². The van der Waals surface area contributed by atoms with E-state index in [4.69, 9.17) is 11.0 Å². The number of amides is 1. The molecule has 0 aromatic heterocycles. The summed E-state index contributed by atoms with van der Waals surface area (Å²) < 4.78 is 13.1. The molecule has 0 saturated carbocycles. The fourth-order valence-corrected chi connectivity index (χ4v) is 2.64. The van der Waals surface area contributed by atoms with Crippen molar-refractivity contribution in [3.63, 3.8) is 0 Å². The Balaban J connectivity index is 2.16. The molecular weight excluding hydrogens is 257 g/mol. The molecule has 2 rings (SSSR count). The number of carbonyl (C=O) groups is 1. The van der Waals surface area contributed by atoms with Gasteiger partial charge in [-0.1, -0.05) is 6.07 Å². The average Bonchev–Trinajstić information content (AvgIpc) is 2.42. The Labute approximate surface area is 118 Å². The summed E-state index contributed by atoms with van der Waals surface area (Å²) in [5.41, 5.74) is 6.51. The number of primary amides is 1. The highest BCUT2D eigenvalue weighted by Gasteiger charge is 2.28. The molecule has 5 heteroatoms. The molecule has 1 heterocycles. The van der Waals surface area contributed by atoms with Crippen LogP contribution in [0.15, 0.2) is 18.2 Å². The summed E-state index contributed by atoms with van der Waals surface area (Å²) in [4.78, 5) is 13.5. The van der Waals surface area contributed by atoms with Crippen molar-refractivity contribution < 1.29 is 9.18 Å². The fourth-order valence-electron chi connectivity index (χ4n) is 2.64. The van der Waals surface area contributed by atoms with Crippen LogP contribution in [0.25, 0.3) is 0 Å². The molecule has 0 bridgehead atoms. The molecule has 0 spiro atoms. The van der Waals surface area contributed by atoms with E-state index in [1.54, 1.807) is 6.07 Å². The number of hydrogen-bond acceptors (Lipinski definition) is 3. The fraction of sp³-hybridized carbons (Fsp3) is 0.467. The zero-order valence-corrected chi connectivity index (χ0v) is 11.5. The maximum atomic E-state index is 13.1. The highest BCUT2D eigenvalue weighted by Crippen LogP contribution is 2.24. The number of nitriles is 1. The molecule has 0 radical (unpaired) electrons. The zero-order valence-electron chi connectivity index (χ0n) is 11.5. The Morgan fingerprint density at radius 1 is 1.55 bits per heavy atom. The Morgan fingerprint density at radius 3 is 2.95 bits per heavy atom. The van der Waals surface area contributed by atoms with E-state index in [-0.39, 0.29) is 11.8 Å². The van der Waals surface area contributed by atoms with Crippen LogP contribution in [0.5, 0.6) is 0 Å². The molecule has 1 aliphatic rings. The van der Waals surface area contributed by atoms with Gasteiger partial charge >= 0.3 is 0 Å². The molecule has 4 nitrogen and oxygen atoms in total. The predicted molar refractivity (Wildman–Crippen MR) is 72.9 cm³/mol. The van der Waals surface area contributed by atoms with E-state index in [2.05, 4.69) is 11.8 Å².